The minimum atomic E-state index is -0.0461. The fraction of sp³-hybridized carbons (Fsp3) is 1.00. The van der Waals surface area contributed by atoms with Gasteiger partial charge in [-0.15, -0.1) is 0 Å². The molecule has 0 rings (SSSR count). The summed E-state index contributed by atoms with van der Waals surface area (Å²) >= 11 is 0. The smallest absolute Gasteiger partial charge is 0.0778 e. The molecule has 0 bridgehead atoms. The van der Waals surface area contributed by atoms with Crippen LogP contribution in [0.4, 0.5) is 0 Å². The summed E-state index contributed by atoms with van der Waals surface area (Å²) in [5.74, 6) is 0. The third-order valence-electron chi connectivity index (χ3n) is 3.40. The average molecular weight is 243 g/mol. The van der Waals surface area contributed by atoms with Crippen LogP contribution in [0.2, 0.25) is 0 Å². The van der Waals surface area contributed by atoms with Gasteiger partial charge in [-0.25, -0.2) is 0 Å². The molecule has 0 radical (unpaired) electrons. The molecule has 104 valence electrons. The highest BCUT2D eigenvalue weighted by Crippen LogP contribution is 2.20. The van der Waals surface area contributed by atoms with E-state index in [-0.39, 0.29) is 5.60 Å². The number of hydrogen-bond acceptors (Lipinski definition) is 2. The number of ether oxygens (including phenoxy) is 1. The molecule has 0 aromatic heterocycles. The molecule has 0 fully saturated rings. The van der Waals surface area contributed by atoms with Crippen LogP contribution in [0, 0.1) is 0 Å². The fourth-order valence-corrected chi connectivity index (χ4v) is 2.37. The van der Waals surface area contributed by atoms with Gasteiger partial charge in [-0.05, 0) is 33.7 Å². The first-order valence-corrected chi connectivity index (χ1v) is 7.45. The predicted octanol–water partition coefficient (Wildman–Crippen LogP) is 4.14. The normalized spacial score (nSPS) is 13.9. The van der Waals surface area contributed by atoms with Gasteiger partial charge in [-0.1, -0.05) is 46.0 Å². The van der Waals surface area contributed by atoms with E-state index in [1.54, 1.807) is 0 Å². The van der Waals surface area contributed by atoms with E-state index in [4.69, 9.17) is 4.74 Å². The van der Waals surface area contributed by atoms with Gasteiger partial charge >= 0.3 is 0 Å². The van der Waals surface area contributed by atoms with Gasteiger partial charge in [0, 0.05) is 12.6 Å². The van der Waals surface area contributed by atoms with Gasteiger partial charge < -0.3 is 10.1 Å². The van der Waals surface area contributed by atoms with Gasteiger partial charge in [-0.2, -0.15) is 0 Å². The first-order chi connectivity index (χ1) is 8.08. The summed E-state index contributed by atoms with van der Waals surface area (Å²) < 4.78 is 5.86. The molecule has 0 aromatic carbocycles. The van der Waals surface area contributed by atoms with Gasteiger partial charge in [0.2, 0.25) is 0 Å². The van der Waals surface area contributed by atoms with Crippen LogP contribution in [0.1, 0.15) is 73.1 Å². The summed E-state index contributed by atoms with van der Waals surface area (Å²) in [5.41, 5.74) is -0.0461. The van der Waals surface area contributed by atoms with E-state index < -0.39 is 0 Å². The summed E-state index contributed by atoms with van der Waals surface area (Å²) in [6.45, 7) is 12.7. The Bertz CT molecular complexity index is 168. The quantitative estimate of drug-likeness (QED) is 0.551. The Morgan fingerprint density at radius 1 is 1.00 bits per heavy atom. The van der Waals surface area contributed by atoms with Crippen molar-refractivity contribution >= 4 is 0 Å². The van der Waals surface area contributed by atoms with Crippen molar-refractivity contribution in [3.8, 4) is 0 Å². The third-order valence-corrected chi connectivity index (χ3v) is 3.40. The van der Waals surface area contributed by atoms with E-state index in [9.17, 15) is 0 Å². The maximum atomic E-state index is 5.86. The lowest BCUT2D eigenvalue weighted by atomic mass is 9.93. The topological polar surface area (TPSA) is 21.3 Å². The lowest BCUT2D eigenvalue weighted by Gasteiger charge is -2.35. The molecule has 0 aliphatic carbocycles. The molecule has 0 heterocycles. The molecule has 17 heavy (non-hydrogen) atoms. The largest absolute Gasteiger partial charge is 0.374 e. The highest BCUT2D eigenvalue weighted by Gasteiger charge is 2.28. The predicted molar refractivity (Wildman–Crippen MR) is 76.5 cm³/mol. The van der Waals surface area contributed by atoms with Crippen LogP contribution in [-0.4, -0.2) is 24.8 Å². The maximum absolute atomic E-state index is 5.86. The maximum Gasteiger partial charge on any atom is 0.0778 e. The third kappa shape index (κ3) is 7.77. The van der Waals surface area contributed by atoms with E-state index in [0.717, 1.165) is 13.2 Å². The van der Waals surface area contributed by atoms with Crippen molar-refractivity contribution in [2.75, 3.05) is 13.2 Å². The Kier molecular flexibility index (Phi) is 9.85. The second kappa shape index (κ2) is 9.90. The molecule has 0 saturated carbocycles. The Morgan fingerprint density at radius 2 is 1.65 bits per heavy atom. The minimum absolute atomic E-state index is 0.0461. The molecule has 0 spiro atoms. The number of nitrogens with one attached hydrogen (secondary N) is 1. The van der Waals surface area contributed by atoms with Gasteiger partial charge in [0.1, 0.15) is 0 Å². The molecule has 0 aliphatic heterocycles. The van der Waals surface area contributed by atoms with E-state index in [1.807, 2.05) is 0 Å². The SMILES string of the molecule is CCCCCCCC(NCC)C(C)(C)OCC. The van der Waals surface area contributed by atoms with E-state index in [0.29, 0.717) is 6.04 Å². The Labute approximate surface area is 109 Å². The number of hydrogen-bond donors (Lipinski definition) is 1. The second-order valence-electron chi connectivity index (χ2n) is 5.35. The Morgan fingerprint density at radius 3 is 2.18 bits per heavy atom. The summed E-state index contributed by atoms with van der Waals surface area (Å²) in [7, 11) is 0. The molecule has 1 unspecified atom stereocenters. The molecule has 0 aromatic rings. The Hall–Kier alpha value is -0.0800. The molecule has 2 nitrogen and oxygen atoms in total. The summed E-state index contributed by atoms with van der Waals surface area (Å²) in [4.78, 5) is 0. The van der Waals surface area contributed by atoms with Crippen molar-refractivity contribution in [1.82, 2.24) is 5.32 Å². The number of likely N-dealkylation sites (N-methyl/N-ethyl adjacent to an activating group) is 1. The zero-order valence-corrected chi connectivity index (χ0v) is 12.6. The van der Waals surface area contributed by atoms with Crippen molar-refractivity contribution in [3.05, 3.63) is 0 Å². The molecule has 2 heteroatoms. The van der Waals surface area contributed by atoms with Crippen molar-refractivity contribution in [2.45, 2.75) is 84.8 Å². The van der Waals surface area contributed by atoms with Crippen molar-refractivity contribution in [1.29, 1.82) is 0 Å². The standard InChI is InChI=1S/C15H33NO/c1-6-9-10-11-12-13-14(16-7-2)15(4,5)17-8-3/h14,16H,6-13H2,1-5H3. The van der Waals surface area contributed by atoms with E-state index in [2.05, 4.69) is 39.9 Å². The summed E-state index contributed by atoms with van der Waals surface area (Å²) in [6, 6.07) is 0.481. The Balaban J connectivity index is 3.96. The van der Waals surface area contributed by atoms with Crippen LogP contribution in [0.15, 0.2) is 0 Å². The number of rotatable bonds is 11. The van der Waals surface area contributed by atoms with Crippen molar-refractivity contribution in [3.63, 3.8) is 0 Å². The zero-order valence-electron chi connectivity index (χ0n) is 12.6. The molecule has 1 atom stereocenters. The molecular weight excluding hydrogens is 210 g/mol. The number of unbranched alkanes of at least 4 members (excludes halogenated alkanes) is 4. The monoisotopic (exact) mass is 243 g/mol. The van der Waals surface area contributed by atoms with Gasteiger partial charge in [0.15, 0.2) is 0 Å². The van der Waals surface area contributed by atoms with E-state index >= 15 is 0 Å². The van der Waals surface area contributed by atoms with Crippen LogP contribution in [0.25, 0.3) is 0 Å². The molecule has 0 aliphatic rings. The van der Waals surface area contributed by atoms with Crippen molar-refractivity contribution < 1.29 is 4.74 Å². The summed E-state index contributed by atoms with van der Waals surface area (Å²) in [6.07, 6.45) is 7.98. The molecular formula is C15H33NO. The van der Waals surface area contributed by atoms with Crippen LogP contribution >= 0.6 is 0 Å². The van der Waals surface area contributed by atoms with Crippen LogP contribution < -0.4 is 5.32 Å². The van der Waals surface area contributed by atoms with Crippen LogP contribution in [0.3, 0.4) is 0 Å². The second-order valence-corrected chi connectivity index (χ2v) is 5.35. The molecule has 0 amide bonds. The zero-order chi connectivity index (χ0) is 13.1. The van der Waals surface area contributed by atoms with Crippen LogP contribution in [0.5, 0.6) is 0 Å². The fourth-order valence-electron chi connectivity index (χ4n) is 2.37. The summed E-state index contributed by atoms with van der Waals surface area (Å²) in [5, 5.41) is 3.57. The van der Waals surface area contributed by atoms with Crippen molar-refractivity contribution in [2.24, 2.45) is 0 Å². The molecule has 1 N–H and O–H groups in total. The van der Waals surface area contributed by atoms with Crippen LogP contribution in [-0.2, 0) is 4.74 Å². The lowest BCUT2D eigenvalue weighted by molar-refractivity contribution is -0.0402. The van der Waals surface area contributed by atoms with E-state index in [1.165, 1.54) is 38.5 Å². The highest BCUT2D eigenvalue weighted by atomic mass is 16.5. The average Bonchev–Trinajstić information content (AvgIpc) is 2.27. The molecule has 0 saturated heterocycles. The first-order valence-electron chi connectivity index (χ1n) is 7.45. The lowest BCUT2D eigenvalue weighted by Crippen LogP contribution is -2.48. The minimum Gasteiger partial charge on any atom is -0.374 e. The first kappa shape index (κ1) is 16.9. The van der Waals surface area contributed by atoms with Gasteiger partial charge in [0.25, 0.3) is 0 Å². The highest BCUT2D eigenvalue weighted by molar-refractivity contribution is 4.85. The van der Waals surface area contributed by atoms with Gasteiger partial charge in [0.05, 0.1) is 5.60 Å². The van der Waals surface area contributed by atoms with Gasteiger partial charge in [-0.3, -0.25) is 0 Å².